The SMILES string of the molecule is O=C(CSc1nnc2sc3ccccc3n12)Nc1ccccc1C(=O)NC1CC1. The van der Waals surface area contributed by atoms with Gasteiger partial charge in [-0.3, -0.25) is 14.0 Å². The van der Waals surface area contributed by atoms with Gasteiger partial charge in [-0.2, -0.15) is 0 Å². The molecule has 29 heavy (non-hydrogen) atoms. The van der Waals surface area contributed by atoms with Gasteiger partial charge in [0, 0.05) is 6.04 Å². The molecule has 4 aromatic rings. The van der Waals surface area contributed by atoms with Crippen molar-refractivity contribution in [2.45, 2.75) is 24.0 Å². The van der Waals surface area contributed by atoms with Gasteiger partial charge in [0.1, 0.15) is 0 Å². The number of carbonyl (C=O) groups is 2. The molecule has 2 aromatic carbocycles. The zero-order chi connectivity index (χ0) is 19.8. The molecule has 2 aromatic heterocycles. The van der Waals surface area contributed by atoms with Crippen LogP contribution in [-0.4, -0.2) is 38.2 Å². The topological polar surface area (TPSA) is 88.4 Å². The van der Waals surface area contributed by atoms with E-state index in [-0.39, 0.29) is 23.6 Å². The van der Waals surface area contributed by atoms with E-state index in [0.717, 1.165) is 28.0 Å². The zero-order valence-corrected chi connectivity index (χ0v) is 16.9. The molecule has 2 amide bonds. The molecule has 7 nitrogen and oxygen atoms in total. The van der Waals surface area contributed by atoms with Crippen molar-refractivity contribution < 1.29 is 9.59 Å². The molecule has 9 heteroatoms. The molecule has 0 aliphatic heterocycles. The predicted octanol–water partition coefficient (Wildman–Crippen LogP) is 3.57. The van der Waals surface area contributed by atoms with Crippen molar-refractivity contribution in [2.24, 2.45) is 0 Å². The molecular formula is C20H17N5O2S2. The molecule has 0 saturated heterocycles. The van der Waals surface area contributed by atoms with Crippen LogP contribution in [0.25, 0.3) is 15.2 Å². The monoisotopic (exact) mass is 423 g/mol. The molecule has 1 aliphatic rings. The third-order valence-corrected chi connectivity index (χ3v) is 6.54. The van der Waals surface area contributed by atoms with Crippen LogP contribution in [0.2, 0.25) is 0 Å². The van der Waals surface area contributed by atoms with Crippen LogP contribution in [0.15, 0.2) is 53.7 Å². The number of rotatable bonds is 6. The maximum Gasteiger partial charge on any atom is 0.253 e. The lowest BCUT2D eigenvalue weighted by molar-refractivity contribution is -0.113. The second kappa shape index (κ2) is 7.49. The number of amides is 2. The summed E-state index contributed by atoms with van der Waals surface area (Å²) in [7, 11) is 0. The summed E-state index contributed by atoms with van der Waals surface area (Å²) in [5, 5.41) is 14.9. The Balaban J connectivity index is 1.30. The normalized spacial score (nSPS) is 13.7. The third-order valence-electron chi connectivity index (χ3n) is 4.60. The van der Waals surface area contributed by atoms with Gasteiger partial charge < -0.3 is 10.6 Å². The van der Waals surface area contributed by atoms with E-state index in [1.54, 1.807) is 35.6 Å². The van der Waals surface area contributed by atoms with Gasteiger partial charge in [-0.1, -0.05) is 47.4 Å². The maximum atomic E-state index is 12.5. The van der Waals surface area contributed by atoms with E-state index < -0.39 is 0 Å². The summed E-state index contributed by atoms with van der Waals surface area (Å²) in [6.07, 6.45) is 2.03. The first-order valence-electron chi connectivity index (χ1n) is 9.24. The lowest BCUT2D eigenvalue weighted by atomic mass is 10.1. The number of para-hydroxylation sites is 2. The number of benzene rings is 2. The van der Waals surface area contributed by atoms with Crippen LogP contribution in [0.4, 0.5) is 5.69 Å². The molecule has 146 valence electrons. The molecule has 1 fully saturated rings. The van der Waals surface area contributed by atoms with E-state index in [2.05, 4.69) is 20.8 Å². The van der Waals surface area contributed by atoms with Crippen molar-refractivity contribution in [1.82, 2.24) is 19.9 Å². The molecule has 1 saturated carbocycles. The first-order chi connectivity index (χ1) is 14.2. The van der Waals surface area contributed by atoms with Gasteiger partial charge in [0.05, 0.1) is 27.2 Å². The van der Waals surface area contributed by atoms with Crippen molar-refractivity contribution in [2.75, 3.05) is 11.1 Å². The first-order valence-corrected chi connectivity index (χ1v) is 11.0. The summed E-state index contributed by atoms with van der Waals surface area (Å²) in [6, 6.07) is 15.3. The molecule has 0 spiro atoms. The summed E-state index contributed by atoms with van der Waals surface area (Å²) < 4.78 is 3.09. The Bertz CT molecular complexity index is 1230. The Kier molecular flexibility index (Phi) is 4.69. The van der Waals surface area contributed by atoms with Crippen LogP contribution in [0, 0.1) is 0 Å². The molecule has 2 N–H and O–H groups in total. The minimum Gasteiger partial charge on any atom is -0.349 e. The van der Waals surface area contributed by atoms with Crippen LogP contribution < -0.4 is 10.6 Å². The van der Waals surface area contributed by atoms with Gasteiger partial charge in [-0.05, 0) is 37.1 Å². The van der Waals surface area contributed by atoms with Gasteiger partial charge in [-0.25, -0.2) is 0 Å². The van der Waals surface area contributed by atoms with Crippen molar-refractivity contribution in [3.05, 3.63) is 54.1 Å². The van der Waals surface area contributed by atoms with E-state index in [1.165, 1.54) is 11.8 Å². The Morgan fingerprint density at radius 2 is 1.90 bits per heavy atom. The molecule has 0 unspecified atom stereocenters. The Labute approximate surface area is 174 Å². The summed E-state index contributed by atoms with van der Waals surface area (Å²) >= 11 is 2.89. The van der Waals surface area contributed by atoms with Gasteiger partial charge in [0.25, 0.3) is 5.91 Å². The smallest absolute Gasteiger partial charge is 0.253 e. The van der Waals surface area contributed by atoms with E-state index in [0.29, 0.717) is 16.4 Å². The quantitative estimate of drug-likeness (QED) is 0.463. The number of hydrogen-bond acceptors (Lipinski definition) is 6. The molecule has 2 heterocycles. The van der Waals surface area contributed by atoms with Crippen molar-refractivity contribution in [3.63, 3.8) is 0 Å². The second-order valence-electron chi connectivity index (χ2n) is 6.80. The van der Waals surface area contributed by atoms with Crippen molar-refractivity contribution >= 4 is 55.8 Å². The summed E-state index contributed by atoms with van der Waals surface area (Å²) in [4.78, 5) is 25.7. The number of carbonyl (C=O) groups excluding carboxylic acids is 2. The van der Waals surface area contributed by atoms with Crippen LogP contribution >= 0.6 is 23.1 Å². The van der Waals surface area contributed by atoms with Crippen LogP contribution in [-0.2, 0) is 4.79 Å². The van der Waals surface area contributed by atoms with Crippen molar-refractivity contribution in [1.29, 1.82) is 0 Å². The number of nitrogens with one attached hydrogen (secondary N) is 2. The molecule has 0 radical (unpaired) electrons. The van der Waals surface area contributed by atoms with E-state index in [4.69, 9.17) is 0 Å². The fraction of sp³-hybridized carbons (Fsp3) is 0.200. The number of hydrogen-bond donors (Lipinski definition) is 2. The lowest BCUT2D eigenvalue weighted by Gasteiger charge is -2.10. The van der Waals surface area contributed by atoms with Gasteiger partial charge in [-0.15, -0.1) is 10.2 Å². The summed E-state index contributed by atoms with van der Waals surface area (Å²) in [6.45, 7) is 0. The van der Waals surface area contributed by atoms with Crippen LogP contribution in [0.1, 0.15) is 23.2 Å². The summed E-state index contributed by atoms with van der Waals surface area (Å²) in [5.74, 6) is -0.179. The highest BCUT2D eigenvalue weighted by Gasteiger charge is 2.25. The molecule has 5 rings (SSSR count). The number of fused-ring (bicyclic) bond motifs is 3. The second-order valence-corrected chi connectivity index (χ2v) is 8.75. The standard InChI is InChI=1S/C20H17N5O2S2/c26-17(22-14-6-2-1-5-13(14)18(27)21-12-9-10-12)11-28-19-23-24-20-25(19)15-7-3-4-8-16(15)29-20/h1-8,12H,9-11H2,(H,21,27)(H,22,26). The van der Waals surface area contributed by atoms with Gasteiger partial charge in [0.2, 0.25) is 10.9 Å². The van der Waals surface area contributed by atoms with Crippen molar-refractivity contribution in [3.8, 4) is 0 Å². The zero-order valence-electron chi connectivity index (χ0n) is 15.3. The molecule has 0 atom stereocenters. The number of thiazole rings is 1. The number of aromatic nitrogens is 3. The van der Waals surface area contributed by atoms with Gasteiger partial charge in [0.15, 0.2) is 5.16 Å². The highest BCUT2D eigenvalue weighted by atomic mass is 32.2. The first kappa shape index (κ1) is 18.1. The van der Waals surface area contributed by atoms with Gasteiger partial charge >= 0.3 is 0 Å². The number of nitrogens with zero attached hydrogens (tertiary/aromatic N) is 3. The minimum absolute atomic E-state index is 0.153. The largest absolute Gasteiger partial charge is 0.349 e. The average molecular weight is 424 g/mol. The molecule has 0 bridgehead atoms. The molecular weight excluding hydrogens is 406 g/mol. The van der Waals surface area contributed by atoms with E-state index >= 15 is 0 Å². The third kappa shape index (κ3) is 3.70. The molecule has 1 aliphatic carbocycles. The Hall–Kier alpha value is -2.91. The predicted molar refractivity (Wildman–Crippen MR) is 115 cm³/mol. The highest BCUT2D eigenvalue weighted by molar-refractivity contribution is 7.99. The van der Waals surface area contributed by atoms with Crippen LogP contribution in [0.5, 0.6) is 0 Å². The lowest BCUT2D eigenvalue weighted by Crippen LogP contribution is -2.27. The number of anilines is 1. The fourth-order valence-corrected chi connectivity index (χ4v) is 4.81. The fourth-order valence-electron chi connectivity index (χ4n) is 3.05. The highest BCUT2D eigenvalue weighted by Crippen LogP contribution is 2.29. The Morgan fingerprint density at radius 3 is 2.76 bits per heavy atom. The van der Waals surface area contributed by atoms with E-state index in [9.17, 15) is 9.59 Å². The Morgan fingerprint density at radius 1 is 1.10 bits per heavy atom. The van der Waals surface area contributed by atoms with Crippen LogP contribution in [0.3, 0.4) is 0 Å². The minimum atomic E-state index is -0.196. The van der Waals surface area contributed by atoms with E-state index in [1.807, 2.05) is 28.7 Å². The maximum absolute atomic E-state index is 12.5. The average Bonchev–Trinajstić information content (AvgIpc) is 3.33. The number of thioether (sulfide) groups is 1. The summed E-state index contributed by atoms with van der Waals surface area (Å²) in [5.41, 5.74) is 2.03.